The topological polar surface area (TPSA) is 134 Å². The lowest BCUT2D eigenvalue weighted by Gasteiger charge is -2.13. The summed E-state index contributed by atoms with van der Waals surface area (Å²) in [4.78, 5) is 33.0. The lowest BCUT2D eigenvalue weighted by molar-refractivity contribution is -0.140. The van der Waals surface area contributed by atoms with Gasteiger partial charge in [0.2, 0.25) is 0 Å². The van der Waals surface area contributed by atoms with Crippen LogP contribution in [0.25, 0.3) is 0 Å². The van der Waals surface area contributed by atoms with Gasteiger partial charge in [-0.3, -0.25) is 9.48 Å². The van der Waals surface area contributed by atoms with Gasteiger partial charge in [-0.25, -0.2) is 9.59 Å². The Labute approximate surface area is 114 Å². The minimum Gasteiger partial charge on any atom is -0.481 e. The number of hydrogen-bond acceptors (Lipinski definition) is 4. The normalized spacial score (nSPS) is 11.7. The summed E-state index contributed by atoms with van der Waals surface area (Å²) in [6.45, 7) is 1.69. The Kier molecular flexibility index (Phi) is 5.07. The van der Waals surface area contributed by atoms with Gasteiger partial charge in [0.15, 0.2) is 0 Å². The van der Waals surface area contributed by atoms with Crippen molar-refractivity contribution in [3.8, 4) is 0 Å². The Morgan fingerprint density at radius 2 is 2.05 bits per heavy atom. The first-order valence-electron chi connectivity index (χ1n) is 5.82. The SMILES string of the molecule is Cc1nn(C)cc1NC(=O)N[C@@H](CCC(=O)O)C(=O)O. The van der Waals surface area contributed by atoms with Crippen molar-refractivity contribution in [1.82, 2.24) is 15.1 Å². The Balaban J connectivity index is 2.60. The van der Waals surface area contributed by atoms with Crippen molar-refractivity contribution in [1.29, 1.82) is 0 Å². The fourth-order valence-electron chi connectivity index (χ4n) is 1.56. The van der Waals surface area contributed by atoms with Crippen LogP contribution in [0.5, 0.6) is 0 Å². The van der Waals surface area contributed by atoms with Crippen LogP contribution in [0.2, 0.25) is 0 Å². The summed E-state index contributed by atoms with van der Waals surface area (Å²) < 4.78 is 1.50. The molecular formula is C11H16N4O5. The molecule has 0 aliphatic rings. The summed E-state index contributed by atoms with van der Waals surface area (Å²) in [7, 11) is 1.68. The Morgan fingerprint density at radius 1 is 1.40 bits per heavy atom. The number of aryl methyl sites for hydroxylation is 2. The molecule has 110 valence electrons. The number of carboxylic acids is 2. The minimum atomic E-state index is -1.29. The van der Waals surface area contributed by atoms with E-state index in [2.05, 4.69) is 15.7 Å². The highest BCUT2D eigenvalue weighted by Crippen LogP contribution is 2.11. The van der Waals surface area contributed by atoms with E-state index in [1.54, 1.807) is 20.2 Å². The third-order valence-electron chi connectivity index (χ3n) is 2.51. The quantitative estimate of drug-likeness (QED) is 0.588. The summed E-state index contributed by atoms with van der Waals surface area (Å²) in [6.07, 6.45) is 1.04. The molecule has 1 rings (SSSR count). The van der Waals surface area contributed by atoms with Crippen LogP contribution in [0, 0.1) is 6.92 Å². The third-order valence-corrected chi connectivity index (χ3v) is 2.51. The molecule has 0 aromatic carbocycles. The molecule has 0 fully saturated rings. The molecule has 20 heavy (non-hydrogen) atoms. The number of amides is 2. The average Bonchev–Trinajstić information content (AvgIpc) is 2.62. The molecule has 1 heterocycles. The molecule has 1 atom stereocenters. The first-order valence-corrected chi connectivity index (χ1v) is 5.82. The highest BCUT2D eigenvalue weighted by atomic mass is 16.4. The van der Waals surface area contributed by atoms with Gasteiger partial charge in [0.05, 0.1) is 11.4 Å². The van der Waals surface area contributed by atoms with Crippen molar-refractivity contribution in [2.24, 2.45) is 7.05 Å². The summed E-state index contributed by atoms with van der Waals surface area (Å²) in [5.41, 5.74) is 1.03. The van der Waals surface area contributed by atoms with Gasteiger partial charge in [-0.1, -0.05) is 0 Å². The zero-order chi connectivity index (χ0) is 15.3. The zero-order valence-corrected chi connectivity index (χ0v) is 11.1. The van der Waals surface area contributed by atoms with Crippen molar-refractivity contribution < 1.29 is 24.6 Å². The minimum absolute atomic E-state index is 0.190. The molecular weight excluding hydrogens is 268 g/mol. The summed E-state index contributed by atoms with van der Waals surface area (Å²) >= 11 is 0. The molecule has 2 amide bonds. The van der Waals surface area contributed by atoms with Crippen LogP contribution < -0.4 is 10.6 Å². The number of aromatic nitrogens is 2. The largest absolute Gasteiger partial charge is 0.481 e. The Bertz CT molecular complexity index is 525. The highest BCUT2D eigenvalue weighted by molar-refractivity contribution is 5.92. The number of nitrogens with zero attached hydrogens (tertiary/aromatic N) is 2. The van der Waals surface area contributed by atoms with Crippen molar-refractivity contribution in [2.75, 3.05) is 5.32 Å². The Hall–Kier alpha value is -2.58. The molecule has 0 unspecified atom stereocenters. The fourth-order valence-corrected chi connectivity index (χ4v) is 1.56. The maximum atomic E-state index is 11.7. The van der Waals surface area contributed by atoms with Gasteiger partial charge < -0.3 is 20.8 Å². The number of hydrogen-bond donors (Lipinski definition) is 4. The zero-order valence-electron chi connectivity index (χ0n) is 11.1. The van der Waals surface area contributed by atoms with E-state index in [0.29, 0.717) is 11.4 Å². The maximum Gasteiger partial charge on any atom is 0.326 e. The van der Waals surface area contributed by atoms with Crippen LogP contribution in [0.15, 0.2) is 6.20 Å². The maximum absolute atomic E-state index is 11.7. The molecule has 9 nitrogen and oxygen atoms in total. The lowest BCUT2D eigenvalue weighted by atomic mass is 10.1. The van der Waals surface area contributed by atoms with Crippen molar-refractivity contribution in [2.45, 2.75) is 25.8 Å². The third kappa shape index (κ3) is 4.59. The number of carbonyl (C=O) groups is 3. The molecule has 0 radical (unpaired) electrons. The number of aliphatic carboxylic acids is 2. The van der Waals surface area contributed by atoms with Gasteiger partial charge in [-0.05, 0) is 13.3 Å². The standard InChI is InChI=1S/C11H16N4O5/c1-6-8(5-15(2)14-6)13-11(20)12-7(10(18)19)3-4-9(16)17/h5,7H,3-4H2,1-2H3,(H,16,17)(H,18,19)(H2,12,13,20)/t7-/m0/s1. The number of rotatable bonds is 6. The Morgan fingerprint density at radius 3 is 2.50 bits per heavy atom. The average molecular weight is 284 g/mol. The number of anilines is 1. The molecule has 0 aliphatic heterocycles. The predicted molar refractivity (Wildman–Crippen MR) is 68.4 cm³/mol. The molecule has 0 spiro atoms. The highest BCUT2D eigenvalue weighted by Gasteiger charge is 2.21. The summed E-state index contributed by atoms with van der Waals surface area (Å²) in [6, 6.07) is -1.98. The van der Waals surface area contributed by atoms with Gasteiger partial charge in [0.1, 0.15) is 6.04 Å². The van der Waals surface area contributed by atoms with Gasteiger partial charge in [0.25, 0.3) is 0 Å². The van der Waals surface area contributed by atoms with E-state index in [4.69, 9.17) is 10.2 Å². The first-order chi connectivity index (χ1) is 9.29. The van der Waals surface area contributed by atoms with Crippen LogP contribution in [-0.2, 0) is 16.6 Å². The monoisotopic (exact) mass is 284 g/mol. The van der Waals surface area contributed by atoms with E-state index in [1.165, 1.54) is 4.68 Å². The molecule has 0 aliphatic carbocycles. The molecule has 4 N–H and O–H groups in total. The molecule has 0 bridgehead atoms. The smallest absolute Gasteiger partial charge is 0.326 e. The number of carboxylic acid groups (broad SMARTS) is 2. The number of nitrogens with one attached hydrogen (secondary N) is 2. The predicted octanol–water partition coefficient (Wildman–Crippen LogP) is 0.168. The molecule has 0 saturated carbocycles. The summed E-state index contributed by atoms with van der Waals surface area (Å²) in [5, 5.41) is 26.1. The molecule has 0 saturated heterocycles. The van der Waals surface area contributed by atoms with Crippen LogP contribution in [0.1, 0.15) is 18.5 Å². The van der Waals surface area contributed by atoms with Crippen LogP contribution >= 0.6 is 0 Å². The number of urea groups is 1. The first kappa shape index (κ1) is 15.5. The molecule has 1 aromatic heterocycles. The second kappa shape index (κ2) is 6.55. The van der Waals surface area contributed by atoms with E-state index in [9.17, 15) is 14.4 Å². The van der Waals surface area contributed by atoms with Crippen LogP contribution in [-0.4, -0.2) is 44.0 Å². The van der Waals surface area contributed by atoms with Crippen LogP contribution in [0.4, 0.5) is 10.5 Å². The van der Waals surface area contributed by atoms with E-state index in [0.717, 1.165) is 0 Å². The second-order valence-corrected chi connectivity index (χ2v) is 4.22. The van der Waals surface area contributed by atoms with Crippen molar-refractivity contribution >= 4 is 23.7 Å². The van der Waals surface area contributed by atoms with Gasteiger partial charge in [0, 0.05) is 19.7 Å². The van der Waals surface area contributed by atoms with Crippen LogP contribution in [0.3, 0.4) is 0 Å². The molecule has 9 heteroatoms. The second-order valence-electron chi connectivity index (χ2n) is 4.22. The number of carbonyl (C=O) groups excluding carboxylic acids is 1. The van der Waals surface area contributed by atoms with Crippen molar-refractivity contribution in [3.63, 3.8) is 0 Å². The van der Waals surface area contributed by atoms with Gasteiger partial charge >= 0.3 is 18.0 Å². The van der Waals surface area contributed by atoms with E-state index >= 15 is 0 Å². The van der Waals surface area contributed by atoms with E-state index in [-0.39, 0.29) is 12.8 Å². The van der Waals surface area contributed by atoms with Crippen molar-refractivity contribution in [3.05, 3.63) is 11.9 Å². The molecule has 1 aromatic rings. The van der Waals surface area contributed by atoms with Gasteiger partial charge in [-0.2, -0.15) is 5.10 Å². The fraction of sp³-hybridized carbons (Fsp3) is 0.455. The van der Waals surface area contributed by atoms with E-state index < -0.39 is 24.0 Å². The summed E-state index contributed by atoms with van der Waals surface area (Å²) in [5.74, 6) is -2.41. The lowest BCUT2D eigenvalue weighted by Crippen LogP contribution is -2.43. The van der Waals surface area contributed by atoms with E-state index in [1.807, 2.05) is 0 Å². The van der Waals surface area contributed by atoms with Gasteiger partial charge in [-0.15, -0.1) is 0 Å².